The Morgan fingerprint density at radius 2 is 1.95 bits per heavy atom. The minimum atomic E-state index is -0.572. The molecule has 2 saturated heterocycles. The Labute approximate surface area is 230 Å². The maximum absolute atomic E-state index is 14.2. The summed E-state index contributed by atoms with van der Waals surface area (Å²) in [7, 11) is 0. The third kappa shape index (κ3) is 3.66. The zero-order valence-corrected chi connectivity index (χ0v) is 21.8. The molecule has 10 nitrogen and oxygen atoms in total. The van der Waals surface area contributed by atoms with Crippen LogP contribution in [-0.4, -0.2) is 80.0 Å². The number of benzene rings is 2. The van der Waals surface area contributed by atoms with Crippen LogP contribution in [0.1, 0.15) is 35.0 Å². The highest BCUT2D eigenvalue weighted by molar-refractivity contribution is 5.98. The molecule has 2 fully saturated rings. The molecule has 4 aliphatic rings. The van der Waals surface area contributed by atoms with E-state index in [2.05, 4.69) is 25.9 Å². The number of H-pyrrole nitrogens is 1. The number of fused-ring (bicyclic) bond motifs is 5. The Morgan fingerprint density at radius 1 is 1.05 bits per heavy atom. The lowest BCUT2D eigenvalue weighted by Gasteiger charge is -2.48. The number of aromatic nitrogens is 3. The van der Waals surface area contributed by atoms with Gasteiger partial charge in [0, 0.05) is 67.3 Å². The summed E-state index contributed by atoms with van der Waals surface area (Å²) < 4.78 is 11.2. The summed E-state index contributed by atoms with van der Waals surface area (Å²) in [5.74, 6) is 1.33. The standard InChI is InChI=1S/C30H28N6O4/c37-27-16-35(20-7-10-34(15-20)14-19-13-31-8-9-32-19)30(38)24-12-22-21-3-1-2-4-23(21)33-28(22)29(36(24)27)18-5-6-25-26(11-18)40-17-39-25/h1-6,8-9,11,13,20,24,29,33H,7,10,12,14-17H2/t20-,24-,29-/m1/s1. The first-order chi connectivity index (χ1) is 19.6. The average Bonchev–Trinajstić information content (AvgIpc) is 3.72. The normalized spacial score (nSPS) is 24.1. The van der Waals surface area contributed by atoms with Gasteiger partial charge in [-0.15, -0.1) is 0 Å². The first-order valence-electron chi connectivity index (χ1n) is 13.7. The Hall–Kier alpha value is -4.44. The van der Waals surface area contributed by atoms with Crippen molar-refractivity contribution in [3.05, 3.63) is 83.6 Å². The van der Waals surface area contributed by atoms with Gasteiger partial charge in [-0.3, -0.25) is 24.5 Å². The molecule has 0 unspecified atom stereocenters. The van der Waals surface area contributed by atoms with Crippen LogP contribution in [0.3, 0.4) is 0 Å². The lowest BCUT2D eigenvalue weighted by Crippen LogP contribution is -2.65. The molecule has 3 atom stereocenters. The van der Waals surface area contributed by atoms with E-state index in [9.17, 15) is 9.59 Å². The maximum Gasteiger partial charge on any atom is 0.246 e. The lowest BCUT2D eigenvalue weighted by molar-refractivity contribution is -0.160. The molecule has 6 heterocycles. The van der Waals surface area contributed by atoms with Crippen LogP contribution in [0.25, 0.3) is 10.9 Å². The summed E-state index contributed by atoms with van der Waals surface area (Å²) in [6.45, 7) is 2.50. The molecule has 10 heteroatoms. The highest BCUT2D eigenvalue weighted by Gasteiger charge is 2.50. The molecule has 0 bridgehead atoms. The third-order valence-corrected chi connectivity index (χ3v) is 8.70. The monoisotopic (exact) mass is 536 g/mol. The van der Waals surface area contributed by atoms with Crippen molar-refractivity contribution in [2.24, 2.45) is 0 Å². The van der Waals surface area contributed by atoms with Gasteiger partial charge in [0.15, 0.2) is 11.5 Å². The van der Waals surface area contributed by atoms with E-state index in [0.29, 0.717) is 31.0 Å². The van der Waals surface area contributed by atoms with Crippen LogP contribution in [0, 0.1) is 0 Å². The summed E-state index contributed by atoms with van der Waals surface area (Å²) in [5, 5.41) is 1.09. The smallest absolute Gasteiger partial charge is 0.246 e. The first-order valence-corrected chi connectivity index (χ1v) is 13.7. The number of para-hydroxylation sites is 1. The number of nitrogens with one attached hydrogen (secondary N) is 1. The van der Waals surface area contributed by atoms with Crippen LogP contribution in [0.5, 0.6) is 11.5 Å². The predicted octanol–water partition coefficient (Wildman–Crippen LogP) is 2.65. The van der Waals surface area contributed by atoms with Crippen LogP contribution in [0.2, 0.25) is 0 Å². The minimum absolute atomic E-state index is 0.0105. The average molecular weight is 537 g/mol. The van der Waals surface area contributed by atoms with Crippen LogP contribution in [-0.2, 0) is 22.6 Å². The summed E-state index contributed by atoms with van der Waals surface area (Å²) in [6, 6.07) is 12.9. The van der Waals surface area contributed by atoms with E-state index in [-0.39, 0.29) is 31.2 Å². The number of carbonyl (C=O) groups excluding carboxylic acids is 2. The van der Waals surface area contributed by atoms with Gasteiger partial charge in [-0.2, -0.15) is 0 Å². The Morgan fingerprint density at radius 3 is 2.85 bits per heavy atom. The van der Waals surface area contributed by atoms with Crippen molar-refractivity contribution in [3.63, 3.8) is 0 Å². The van der Waals surface area contributed by atoms with Crippen LogP contribution >= 0.6 is 0 Å². The van der Waals surface area contributed by atoms with Gasteiger partial charge >= 0.3 is 0 Å². The van der Waals surface area contributed by atoms with Gasteiger partial charge in [0.2, 0.25) is 18.6 Å². The lowest BCUT2D eigenvalue weighted by atomic mass is 9.85. The Bertz CT molecular complexity index is 1640. The molecule has 1 N–H and O–H groups in total. The van der Waals surface area contributed by atoms with E-state index in [0.717, 1.165) is 46.4 Å². The molecule has 40 heavy (non-hydrogen) atoms. The van der Waals surface area contributed by atoms with Gasteiger partial charge in [0.1, 0.15) is 12.6 Å². The van der Waals surface area contributed by atoms with E-state index in [1.165, 1.54) is 0 Å². The van der Waals surface area contributed by atoms with Crippen molar-refractivity contribution in [1.29, 1.82) is 0 Å². The third-order valence-electron chi connectivity index (χ3n) is 8.70. The van der Waals surface area contributed by atoms with E-state index in [1.54, 1.807) is 23.5 Å². The minimum Gasteiger partial charge on any atom is -0.454 e. The molecule has 0 saturated carbocycles. The molecule has 4 aromatic rings. The molecular weight excluding hydrogens is 508 g/mol. The quantitative estimate of drug-likeness (QED) is 0.428. The van der Waals surface area contributed by atoms with Gasteiger partial charge in [0.05, 0.1) is 11.7 Å². The zero-order chi connectivity index (χ0) is 26.8. The molecule has 2 amide bonds. The number of ether oxygens (including phenoxy) is 2. The summed E-state index contributed by atoms with van der Waals surface area (Å²) in [6.07, 6.45) is 6.45. The molecule has 0 spiro atoms. The highest BCUT2D eigenvalue weighted by Crippen LogP contribution is 2.45. The second kappa shape index (κ2) is 9.06. The number of hydrogen-bond acceptors (Lipinski definition) is 7. The molecule has 2 aromatic heterocycles. The maximum atomic E-state index is 14.2. The zero-order valence-electron chi connectivity index (χ0n) is 21.8. The van der Waals surface area contributed by atoms with E-state index in [1.807, 2.05) is 41.3 Å². The van der Waals surface area contributed by atoms with Crippen molar-refractivity contribution in [2.75, 3.05) is 26.4 Å². The van der Waals surface area contributed by atoms with Crippen molar-refractivity contribution < 1.29 is 19.1 Å². The van der Waals surface area contributed by atoms with Crippen molar-refractivity contribution in [1.82, 2.24) is 29.7 Å². The second-order valence-electron chi connectivity index (χ2n) is 10.9. The highest BCUT2D eigenvalue weighted by atomic mass is 16.7. The number of piperazine rings is 1. The SMILES string of the molecule is O=C1[C@H]2Cc3c([nH]c4ccccc34)[C@@H](c3ccc4c(c3)OCO4)N2C(=O)CN1[C@@H]1CCN(Cc2cnccn2)C1. The summed E-state index contributed by atoms with van der Waals surface area (Å²) >= 11 is 0. The fourth-order valence-corrected chi connectivity index (χ4v) is 6.88. The fraction of sp³-hybridized carbons (Fsp3) is 0.333. The van der Waals surface area contributed by atoms with Crippen molar-refractivity contribution >= 4 is 22.7 Å². The molecule has 2 aromatic carbocycles. The molecule has 4 aliphatic heterocycles. The second-order valence-corrected chi connectivity index (χ2v) is 10.9. The van der Waals surface area contributed by atoms with Gasteiger partial charge in [-0.05, 0) is 35.7 Å². The number of rotatable bonds is 4. The summed E-state index contributed by atoms with van der Waals surface area (Å²) in [4.78, 5) is 46.3. The van der Waals surface area contributed by atoms with Crippen LogP contribution in [0.4, 0.5) is 0 Å². The molecule has 0 radical (unpaired) electrons. The van der Waals surface area contributed by atoms with Gasteiger partial charge in [-0.25, -0.2) is 0 Å². The summed E-state index contributed by atoms with van der Waals surface area (Å²) in [5.41, 5.74) is 4.86. The largest absolute Gasteiger partial charge is 0.454 e. The van der Waals surface area contributed by atoms with Crippen LogP contribution in [0.15, 0.2) is 61.1 Å². The van der Waals surface area contributed by atoms with E-state index < -0.39 is 12.1 Å². The van der Waals surface area contributed by atoms with Crippen molar-refractivity contribution in [2.45, 2.75) is 37.5 Å². The van der Waals surface area contributed by atoms with Gasteiger partial charge in [0.25, 0.3) is 0 Å². The fourth-order valence-electron chi connectivity index (χ4n) is 6.88. The number of amides is 2. The van der Waals surface area contributed by atoms with Crippen molar-refractivity contribution in [3.8, 4) is 11.5 Å². The van der Waals surface area contributed by atoms with E-state index in [4.69, 9.17) is 9.47 Å². The number of aromatic amines is 1. The molecule has 0 aliphatic carbocycles. The van der Waals surface area contributed by atoms with Crippen LogP contribution < -0.4 is 9.47 Å². The molecule has 202 valence electrons. The number of hydrogen-bond donors (Lipinski definition) is 1. The van der Waals surface area contributed by atoms with Gasteiger partial charge in [-0.1, -0.05) is 24.3 Å². The molecular formula is C30H28N6O4. The number of carbonyl (C=O) groups is 2. The predicted molar refractivity (Wildman–Crippen MR) is 144 cm³/mol. The van der Waals surface area contributed by atoms with Gasteiger partial charge < -0.3 is 24.3 Å². The number of likely N-dealkylation sites (tertiary alicyclic amines) is 1. The number of nitrogens with zero attached hydrogens (tertiary/aromatic N) is 5. The Kier molecular flexibility index (Phi) is 5.31. The Balaban J connectivity index is 1.14. The first kappa shape index (κ1) is 23.4. The van der Waals surface area contributed by atoms with E-state index >= 15 is 0 Å². The topological polar surface area (TPSA) is 104 Å². The molecule has 8 rings (SSSR count).